The average Bonchev–Trinajstić information content (AvgIpc) is 2.99. The van der Waals surface area contributed by atoms with E-state index in [2.05, 4.69) is 17.3 Å². The van der Waals surface area contributed by atoms with Gasteiger partial charge in [-0.3, -0.25) is 0 Å². The molecule has 140 valence electrons. The van der Waals surface area contributed by atoms with Crippen molar-refractivity contribution in [3.63, 3.8) is 0 Å². The summed E-state index contributed by atoms with van der Waals surface area (Å²) in [6, 6.07) is 9.76. The molecular weight excluding hydrogens is 328 g/mol. The van der Waals surface area contributed by atoms with Crippen molar-refractivity contribution in [1.29, 1.82) is 0 Å². The number of piperidine rings is 1. The number of anilines is 1. The molecule has 1 N–H and O–H groups in total. The van der Waals surface area contributed by atoms with Crippen molar-refractivity contribution in [1.82, 2.24) is 14.7 Å². The van der Waals surface area contributed by atoms with Crippen LogP contribution in [0.3, 0.4) is 0 Å². The van der Waals surface area contributed by atoms with Gasteiger partial charge in [-0.2, -0.15) is 5.10 Å². The molecule has 1 aliphatic rings. The van der Waals surface area contributed by atoms with E-state index in [1.807, 2.05) is 53.8 Å². The molecule has 0 bridgehead atoms. The molecule has 6 heteroatoms. The monoisotopic (exact) mass is 356 g/mol. The van der Waals surface area contributed by atoms with Gasteiger partial charge in [-0.05, 0) is 63.4 Å². The summed E-state index contributed by atoms with van der Waals surface area (Å²) in [5, 5.41) is 7.47. The summed E-state index contributed by atoms with van der Waals surface area (Å²) in [6.07, 6.45) is 3.17. The first-order chi connectivity index (χ1) is 12.6. The average molecular weight is 356 g/mol. The third kappa shape index (κ3) is 4.43. The van der Waals surface area contributed by atoms with Crippen molar-refractivity contribution in [2.24, 2.45) is 0 Å². The summed E-state index contributed by atoms with van der Waals surface area (Å²) in [5.41, 5.74) is 3.85. The molecule has 1 saturated heterocycles. The van der Waals surface area contributed by atoms with Gasteiger partial charge in [0.15, 0.2) is 0 Å². The fourth-order valence-corrected chi connectivity index (χ4v) is 3.32. The Bertz CT molecular complexity index is 739. The summed E-state index contributed by atoms with van der Waals surface area (Å²) in [7, 11) is 0. The molecule has 1 aromatic carbocycles. The number of hydrogen-bond donors (Lipinski definition) is 1. The third-order valence-corrected chi connectivity index (χ3v) is 4.60. The maximum absolute atomic E-state index is 12.5. The number of benzene rings is 1. The number of carbonyl (C=O) groups excluding carboxylic acids is 1. The fourth-order valence-electron chi connectivity index (χ4n) is 3.32. The molecule has 3 rings (SSSR count). The molecule has 6 nitrogen and oxygen atoms in total. The third-order valence-electron chi connectivity index (χ3n) is 4.60. The van der Waals surface area contributed by atoms with E-state index in [0.717, 1.165) is 55.2 Å². The molecule has 2 amide bonds. The van der Waals surface area contributed by atoms with Gasteiger partial charge in [0.05, 0.1) is 17.5 Å². The topological polar surface area (TPSA) is 59.4 Å². The molecule has 0 spiro atoms. The van der Waals surface area contributed by atoms with E-state index in [4.69, 9.17) is 4.74 Å². The normalized spacial score (nSPS) is 17.3. The highest BCUT2D eigenvalue weighted by Crippen LogP contribution is 2.18. The van der Waals surface area contributed by atoms with E-state index in [1.54, 1.807) is 0 Å². The Labute approximate surface area is 155 Å². The van der Waals surface area contributed by atoms with Crippen LogP contribution in [-0.4, -0.2) is 46.5 Å². The van der Waals surface area contributed by atoms with Gasteiger partial charge < -0.3 is 15.0 Å². The van der Waals surface area contributed by atoms with E-state index in [0.29, 0.717) is 6.54 Å². The first-order valence-electron chi connectivity index (χ1n) is 9.38. The summed E-state index contributed by atoms with van der Waals surface area (Å²) < 4.78 is 7.71. The van der Waals surface area contributed by atoms with Gasteiger partial charge in [0.2, 0.25) is 0 Å². The number of urea groups is 1. The quantitative estimate of drug-likeness (QED) is 0.883. The Kier molecular flexibility index (Phi) is 5.93. The van der Waals surface area contributed by atoms with Crippen LogP contribution in [0.2, 0.25) is 0 Å². The van der Waals surface area contributed by atoms with Crippen LogP contribution in [0.5, 0.6) is 0 Å². The van der Waals surface area contributed by atoms with E-state index in [-0.39, 0.29) is 12.1 Å². The molecule has 0 saturated carbocycles. The molecule has 2 heterocycles. The van der Waals surface area contributed by atoms with Gasteiger partial charge in [0, 0.05) is 31.1 Å². The van der Waals surface area contributed by atoms with E-state index in [9.17, 15) is 4.79 Å². The summed E-state index contributed by atoms with van der Waals surface area (Å²) >= 11 is 0. The predicted octanol–water partition coefficient (Wildman–Crippen LogP) is 3.91. The Morgan fingerprint density at radius 2 is 2.08 bits per heavy atom. The van der Waals surface area contributed by atoms with Gasteiger partial charge in [0.1, 0.15) is 0 Å². The lowest BCUT2D eigenvalue weighted by atomic mass is 10.1. The Morgan fingerprint density at radius 1 is 1.31 bits per heavy atom. The first-order valence-corrected chi connectivity index (χ1v) is 9.38. The largest absolute Gasteiger partial charge is 0.376 e. The molecule has 2 aromatic rings. The number of likely N-dealkylation sites (tertiary alicyclic amines) is 1. The lowest BCUT2D eigenvalue weighted by Crippen LogP contribution is -2.45. The van der Waals surface area contributed by atoms with E-state index in [1.165, 1.54) is 0 Å². The van der Waals surface area contributed by atoms with Crippen molar-refractivity contribution in [2.45, 2.75) is 46.1 Å². The van der Waals surface area contributed by atoms with Crippen LogP contribution in [0.15, 0.2) is 30.3 Å². The number of ether oxygens (including phenoxy) is 1. The molecule has 1 fully saturated rings. The highest BCUT2D eigenvalue weighted by atomic mass is 16.5. The second-order valence-corrected chi connectivity index (χ2v) is 6.90. The smallest absolute Gasteiger partial charge is 0.321 e. The standard InChI is InChI=1S/C20H28N4O2/c1-4-12-26-19-6-5-11-23(14-19)20(25)21-17-7-9-18(10-8-17)24-16(3)13-15(2)22-24/h7-10,13,19H,4-6,11-12,14H2,1-3H3,(H,21,25)/t19-/m0/s1. The molecule has 0 radical (unpaired) electrons. The molecule has 26 heavy (non-hydrogen) atoms. The van der Waals surface area contributed by atoms with Gasteiger partial charge >= 0.3 is 6.03 Å². The molecular formula is C20H28N4O2. The van der Waals surface area contributed by atoms with Crippen LogP contribution >= 0.6 is 0 Å². The second-order valence-electron chi connectivity index (χ2n) is 6.90. The van der Waals surface area contributed by atoms with Crippen molar-refractivity contribution in [2.75, 3.05) is 25.0 Å². The van der Waals surface area contributed by atoms with Gasteiger partial charge in [-0.25, -0.2) is 9.48 Å². The van der Waals surface area contributed by atoms with Crippen molar-refractivity contribution in [3.8, 4) is 5.69 Å². The number of aromatic nitrogens is 2. The second kappa shape index (κ2) is 8.36. The van der Waals surface area contributed by atoms with Crippen molar-refractivity contribution < 1.29 is 9.53 Å². The van der Waals surface area contributed by atoms with Crippen LogP contribution < -0.4 is 5.32 Å². The number of rotatable bonds is 5. The zero-order valence-corrected chi connectivity index (χ0v) is 15.9. The van der Waals surface area contributed by atoms with Crippen molar-refractivity contribution >= 4 is 11.7 Å². The van der Waals surface area contributed by atoms with Gasteiger partial charge in [-0.15, -0.1) is 0 Å². The Morgan fingerprint density at radius 3 is 2.73 bits per heavy atom. The summed E-state index contributed by atoms with van der Waals surface area (Å²) in [6.45, 7) is 8.31. The molecule has 0 unspecified atom stereocenters. The lowest BCUT2D eigenvalue weighted by molar-refractivity contribution is 0.0115. The number of amides is 2. The lowest BCUT2D eigenvalue weighted by Gasteiger charge is -2.32. The summed E-state index contributed by atoms with van der Waals surface area (Å²) in [5.74, 6) is 0. The SMILES string of the molecule is CCCO[C@H]1CCCN(C(=O)Nc2ccc(-n3nc(C)cc3C)cc2)C1. The maximum atomic E-state index is 12.5. The number of nitrogens with zero attached hydrogens (tertiary/aromatic N) is 3. The van der Waals surface area contributed by atoms with Gasteiger partial charge in [0.25, 0.3) is 0 Å². The van der Waals surface area contributed by atoms with Crippen LogP contribution in [0.1, 0.15) is 37.6 Å². The minimum Gasteiger partial charge on any atom is -0.376 e. The van der Waals surface area contributed by atoms with Crippen molar-refractivity contribution in [3.05, 3.63) is 41.7 Å². The van der Waals surface area contributed by atoms with Crippen LogP contribution in [-0.2, 0) is 4.74 Å². The zero-order valence-electron chi connectivity index (χ0n) is 15.9. The van der Waals surface area contributed by atoms with Crippen LogP contribution in [0.4, 0.5) is 10.5 Å². The van der Waals surface area contributed by atoms with Crippen LogP contribution in [0.25, 0.3) is 5.69 Å². The minimum atomic E-state index is -0.0614. The Hall–Kier alpha value is -2.34. The number of carbonyl (C=O) groups is 1. The first kappa shape index (κ1) is 18.5. The highest BCUT2D eigenvalue weighted by Gasteiger charge is 2.24. The number of hydrogen-bond acceptors (Lipinski definition) is 3. The molecule has 1 aromatic heterocycles. The maximum Gasteiger partial charge on any atom is 0.321 e. The molecule has 0 aliphatic carbocycles. The molecule has 1 atom stereocenters. The van der Waals surface area contributed by atoms with E-state index >= 15 is 0 Å². The number of nitrogens with one attached hydrogen (secondary N) is 1. The zero-order chi connectivity index (χ0) is 18.5. The summed E-state index contributed by atoms with van der Waals surface area (Å²) in [4.78, 5) is 14.4. The Balaban J connectivity index is 1.60. The van der Waals surface area contributed by atoms with Crippen LogP contribution in [0, 0.1) is 13.8 Å². The van der Waals surface area contributed by atoms with Gasteiger partial charge in [-0.1, -0.05) is 6.92 Å². The molecule has 1 aliphatic heterocycles. The number of aryl methyl sites for hydroxylation is 2. The highest BCUT2D eigenvalue weighted by molar-refractivity contribution is 5.89. The predicted molar refractivity (Wildman–Crippen MR) is 103 cm³/mol. The minimum absolute atomic E-state index is 0.0614. The fraction of sp³-hybridized carbons (Fsp3) is 0.500. The van der Waals surface area contributed by atoms with E-state index < -0.39 is 0 Å².